The molecule has 0 amide bonds. The SMILES string of the molecule is CCc1ccc(C(CNC(=NC)N2CCN(Cc3ccon3)CC2)N(C)C)cc1. The van der Waals surface area contributed by atoms with Crippen LogP contribution in [-0.4, -0.2) is 79.7 Å². The number of aliphatic imine (C=N–C) groups is 1. The summed E-state index contributed by atoms with van der Waals surface area (Å²) in [5.41, 5.74) is 3.69. The molecule has 0 radical (unpaired) electrons. The lowest BCUT2D eigenvalue weighted by Gasteiger charge is -2.37. The summed E-state index contributed by atoms with van der Waals surface area (Å²) in [6, 6.07) is 11.2. The number of hydrogen-bond donors (Lipinski definition) is 1. The van der Waals surface area contributed by atoms with Crippen molar-refractivity contribution in [3.63, 3.8) is 0 Å². The second-order valence-corrected chi connectivity index (χ2v) is 7.76. The largest absolute Gasteiger partial charge is 0.364 e. The maximum absolute atomic E-state index is 4.94. The van der Waals surface area contributed by atoms with E-state index in [0.29, 0.717) is 6.04 Å². The summed E-state index contributed by atoms with van der Waals surface area (Å²) in [4.78, 5) is 11.5. The van der Waals surface area contributed by atoms with E-state index in [1.165, 1.54) is 11.1 Å². The first-order valence-electron chi connectivity index (χ1n) is 10.4. The van der Waals surface area contributed by atoms with Crippen molar-refractivity contribution in [2.24, 2.45) is 4.99 Å². The molecule has 0 aliphatic carbocycles. The highest BCUT2D eigenvalue weighted by Crippen LogP contribution is 2.18. The van der Waals surface area contributed by atoms with E-state index in [9.17, 15) is 0 Å². The fourth-order valence-electron chi connectivity index (χ4n) is 3.76. The predicted molar refractivity (Wildman–Crippen MR) is 117 cm³/mol. The van der Waals surface area contributed by atoms with Crippen LogP contribution in [0, 0.1) is 0 Å². The summed E-state index contributed by atoms with van der Waals surface area (Å²) in [5.74, 6) is 0.975. The number of aryl methyl sites for hydroxylation is 1. The Labute approximate surface area is 174 Å². The first-order valence-corrected chi connectivity index (χ1v) is 10.4. The number of piperazine rings is 1. The van der Waals surface area contributed by atoms with Gasteiger partial charge < -0.3 is 19.6 Å². The molecule has 1 N–H and O–H groups in total. The van der Waals surface area contributed by atoms with Gasteiger partial charge in [-0.05, 0) is 31.6 Å². The molecule has 7 nitrogen and oxygen atoms in total. The van der Waals surface area contributed by atoms with Crippen LogP contribution in [0.5, 0.6) is 0 Å². The standard InChI is InChI=1S/C22H34N6O/c1-5-18-6-8-19(9-7-18)21(26(3)4)16-24-22(23-2)28-13-11-27(12-14-28)17-20-10-15-29-25-20/h6-10,15,21H,5,11-14,16-17H2,1-4H3,(H,23,24). The molecule has 158 valence electrons. The van der Waals surface area contributed by atoms with E-state index in [1.54, 1.807) is 6.26 Å². The van der Waals surface area contributed by atoms with E-state index < -0.39 is 0 Å². The minimum absolute atomic E-state index is 0.297. The van der Waals surface area contributed by atoms with E-state index in [1.807, 2.05) is 13.1 Å². The van der Waals surface area contributed by atoms with Crippen molar-refractivity contribution in [3.8, 4) is 0 Å². The van der Waals surface area contributed by atoms with Gasteiger partial charge in [-0.3, -0.25) is 9.89 Å². The van der Waals surface area contributed by atoms with Gasteiger partial charge in [-0.15, -0.1) is 0 Å². The fourth-order valence-corrected chi connectivity index (χ4v) is 3.76. The van der Waals surface area contributed by atoms with Gasteiger partial charge in [0.05, 0.1) is 11.7 Å². The van der Waals surface area contributed by atoms with Gasteiger partial charge in [-0.25, -0.2) is 0 Å². The number of nitrogens with one attached hydrogen (secondary N) is 1. The fraction of sp³-hybridized carbons (Fsp3) is 0.545. The van der Waals surface area contributed by atoms with Gasteiger partial charge in [0.25, 0.3) is 0 Å². The van der Waals surface area contributed by atoms with Crippen LogP contribution < -0.4 is 5.32 Å². The topological polar surface area (TPSA) is 60.1 Å². The number of aromatic nitrogens is 1. The van der Waals surface area contributed by atoms with Crippen molar-refractivity contribution < 1.29 is 4.52 Å². The third-order valence-corrected chi connectivity index (χ3v) is 5.61. The lowest BCUT2D eigenvalue weighted by Crippen LogP contribution is -2.53. The highest BCUT2D eigenvalue weighted by molar-refractivity contribution is 5.80. The van der Waals surface area contributed by atoms with Crippen molar-refractivity contribution >= 4 is 5.96 Å². The Kier molecular flexibility index (Phi) is 7.66. The van der Waals surface area contributed by atoms with Crippen molar-refractivity contribution in [2.45, 2.75) is 25.9 Å². The van der Waals surface area contributed by atoms with Gasteiger partial charge in [-0.1, -0.05) is 36.3 Å². The molecule has 0 bridgehead atoms. The van der Waals surface area contributed by atoms with E-state index in [-0.39, 0.29) is 0 Å². The molecule has 3 rings (SSSR count). The Morgan fingerprint density at radius 3 is 2.45 bits per heavy atom. The maximum atomic E-state index is 4.94. The smallest absolute Gasteiger partial charge is 0.193 e. The van der Waals surface area contributed by atoms with Crippen molar-refractivity contribution in [2.75, 3.05) is 53.9 Å². The van der Waals surface area contributed by atoms with Crippen LogP contribution in [0.15, 0.2) is 46.1 Å². The van der Waals surface area contributed by atoms with Gasteiger partial charge in [0, 0.05) is 52.4 Å². The summed E-state index contributed by atoms with van der Waals surface area (Å²) in [7, 11) is 6.13. The molecule has 1 aromatic heterocycles. The van der Waals surface area contributed by atoms with Crippen LogP contribution >= 0.6 is 0 Å². The summed E-state index contributed by atoms with van der Waals surface area (Å²) < 4.78 is 4.94. The molecule has 1 fully saturated rings. The average molecular weight is 399 g/mol. The molecule has 2 heterocycles. The predicted octanol–water partition coefficient (Wildman–Crippen LogP) is 2.23. The molecule has 0 saturated carbocycles. The molecular formula is C22H34N6O. The Bertz CT molecular complexity index is 748. The zero-order chi connectivity index (χ0) is 20.6. The number of rotatable bonds is 7. The highest BCUT2D eigenvalue weighted by Gasteiger charge is 2.22. The Balaban J connectivity index is 1.53. The van der Waals surface area contributed by atoms with Crippen molar-refractivity contribution in [3.05, 3.63) is 53.4 Å². The van der Waals surface area contributed by atoms with E-state index >= 15 is 0 Å². The maximum Gasteiger partial charge on any atom is 0.193 e. The molecule has 29 heavy (non-hydrogen) atoms. The molecule has 1 atom stereocenters. The molecular weight excluding hydrogens is 364 g/mol. The van der Waals surface area contributed by atoms with Crippen LogP contribution in [0.25, 0.3) is 0 Å². The monoisotopic (exact) mass is 398 g/mol. The molecule has 1 saturated heterocycles. The first-order chi connectivity index (χ1) is 14.1. The summed E-state index contributed by atoms with van der Waals surface area (Å²) in [6.07, 6.45) is 2.70. The number of hydrogen-bond acceptors (Lipinski definition) is 5. The summed E-state index contributed by atoms with van der Waals surface area (Å²) >= 11 is 0. The molecule has 1 aromatic carbocycles. The average Bonchev–Trinajstić information content (AvgIpc) is 3.25. The van der Waals surface area contributed by atoms with Crippen molar-refractivity contribution in [1.29, 1.82) is 0 Å². The number of nitrogens with zero attached hydrogens (tertiary/aromatic N) is 5. The zero-order valence-electron chi connectivity index (χ0n) is 18.1. The third-order valence-electron chi connectivity index (χ3n) is 5.61. The summed E-state index contributed by atoms with van der Waals surface area (Å²) in [6.45, 7) is 7.74. The minimum Gasteiger partial charge on any atom is -0.364 e. The molecule has 1 aliphatic rings. The van der Waals surface area contributed by atoms with Gasteiger partial charge >= 0.3 is 0 Å². The minimum atomic E-state index is 0.297. The number of guanidine groups is 1. The van der Waals surface area contributed by atoms with E-state index in [4.69, 9.17) is 4.52 Å². The Hall–Kier alpha value is -2.38. The lowest BCUT2D eigenvalue weighted by molar-refractivity contribution is 0.168. The van der Waals surface area contributed by atoms with Gasteiger partial charge in [0.1, 0.15) is 6.26 Å². The first kappa shape index (κ1) is 21.3. The number of benzene rings is 1. The van der Waals surface area contributed by atoms with E-state index in [2.05, 4.69) is 75.5 Å². The summed E-state index contributed by atoms with van der Waals surface area (Å²) in [5, 5.41) is 7.61. The molecule has 1 unspecified atom stereocenters. The van der Waals surface area contributed by atoms with Crippen LogP contribution in [0.4, 0.5) is 0 Å². The third kappa shape index (κ3) is 5.81. The molecule has 1 aliphatic heterocycles. The van der Waals surface area contributed by atoms with Gasteiger partial charge in [0.2, 0.25) is 0 Å². The van der Waals surface area contributed by atoms with Gasteiger partial charge in [-0.2, -0.15) is 0 Å². The van der Waals surface area contributed by atoms with Crippen molar-refractivity contribution in [1.82, 2.24) is 25.2 Å². The molecule has 0 spiro atoms. The van der Waals surface area contributed by atoms with Crippen LogP contribution in [0.3, 0.4) is 0 Å². The number of likely N-dealkylation sites (N-methyl/N-ethyl adjacent to an activating group) is 1. The van der Waals surface area contributed by atoms with Crippen LogP contribution in [0.1, 0.15) is 29.8 Å². The van der Waals surface area contributed by atoms with E-state index in [0.717, 1.165) is 57.3 Å². The van der Waals surface area contributed by atoms with Crippen LogP contribution in [0.2, 0.25) is 0 Å². The second kappa shape index (κ2) is 10.4. The molecule has 7 heteroatoms. The van der Waals surface area contributed by atoms with Crippen LogP contribution in [-0.2, 0) is 13.0 Å². The zero-order valence-corrected chi connectivity index (χ0v) is 18.1. The second-order valence-electron chi connectivity index (χ2n) is 7.76. The quantitative estimate of drug-likeness (QED) is 0.570. The molecule has 2 aromatic rings. The Morgan fingerprint density at radius 2 is 1.90 bits per heavy atom. The normalized spacial score (nSPS) is 17.0. The lowest BCUT2D eigenvalue weighted by atomic mass is 10.0. The van der Waals surface area contributed by atoms with Gasteiger partial charge in [0.15, 0.2) is 5.96 Å². The highest BCUT2D eigenvalue weighted by atomic mass is 16.5. The Morgan fingerprint density at radius 1 is 1.17 bits per heavy atom.